The van der Waals surface area contributed by atoms with E-state index in [2.05, 4.69) is 6.07 Å². The predicted octanol–water partition coefficient (Wildman–Crippen LogP) is 2.97. The first kappa shape index (κ1) is 12.1. The minimum atomic E-state index is -0.494. The molecule has 0 spiro atoms. The summed E-state index contributed by atoms with van der Waals surface area (Å²) in [5, 5.41) is 19.8. The van der Waals surface area contributed by atoms with Crippen LogP contribution in [0.3, 0.4) is 0 Å². The van der Waals surface area contributed by atoms with Gasteiger partial charge in [0.2, 0.25) is 0 Å². The van der Waals surface area contributed by atoms with Gasteiger partial charge in [0.05, 0.1) is 9.95 Å². The van der Waals surface area contributed by atoms with E-state index >= 15 is 0 Å². The standard InChI is InChI=1S/C12H8ClN3O2/c13-12-6-10(16(17)18)4-3-9(12)8-15-5-1-2-11(15)7-14/h1-6H,8H2. The molecule has 0 N–H and O–H groups in total. The van der Waals surface area contributed by atoms with Gasteiger partial charge in [0, 0.05) is 24.9 Å². The Balaban J connectivity index is 2.31. The lowest BCUT2D eigenvalue weighted by Gasteiger charge is -2.06. The highest BCUT2D eigenvalue weighted by Crippen LogP contribution is 2.23. The van der Waals surface area contributed by atoms with Crippen LogP contribution in [0.25, 0.3) is 0 Å². The van der Waals surface area contributed by atoms with Crippen molar-refractivity contribution in [3.8, 4) is 6.07 Å². The number of nitriles is 1. The molecule has 0 unspecified atom stereocenters. The van der Waals surface area contributed by atoms with Crippen molar-refractivity contribution in [1.82, 2.24) is 4.57 Å². The summed E-state index contributed by atoms with van der Waals surface area (Å²) in [6, 6.07) is 9.82. The first-order chi connectivity index (χ1) is 8.61. The van der Waals surface area contributed by atoms with Gasteiger partial charge < -0.3 is 4.57 Å². The van der Waals surface area contributed by atoms with E-state index in [1.165, 1.54) is 12.1 Å². The SMILES string of the molecule is N#Cc1cccn1Cc1ccc([N+](=O)[O-])cc1Cl. The van der Waals surface area contributed by atoms with Crippen LogP contribution in [0.2, 0.25) is 5.02 Å². The quantitative estimate of drug-likeness (QED) is 0.630. The zero-order valence-corrected chi connectivity index (χ0v) is 9.96. The number of rotatable bonds is 3. The van der Waals surface area contributed by atoms with Crippen molar-refractivity contribution in [2.75, 3.05) is 0 Å². The second kappa shape index (κ2) is 4.90. The lowest BCUT2D eigenvalue weighted by molar-refractivity contribution is -0.384. The van der Waals surface area contributed by atoms with Gasteiger partial charge >= 0.3 is 0 Å². The van der Waals surface area contributed by atoms with Crippen molar-refractivity contribution in [1.29, 1.82) is 5.26 Å². The first-order valence-corrected chi connectivity index (χ1v) is 5.47. The van der Waals surface area contributed by atoms with Gasteiger partial charge in [-0.3, -0.25) is 10.1 Å². The van der Waals surface area contributed by atoms with E-state index in [9.17, 15) is 10.1 Å². The van der Waals surface area contributed by atoms with Gasteiger partial charge in [0.15, 0.2) is 0 Å². The molecule has 0 radical (unpaired) electrons. The fraction of sp³-hybridized carbons (Fsp3) is 0.0833. The van der Waals surface area contributed by atoms with Crippen LogP contribution in [0.4, 0.5) is 5.69 Å². The lowest BCUT2D eigenvalue weighted by Crippen LogP contribution is -2.01. The molecule has 2 aromatic rings. The molecule has 0 aliphatic rings. The second-order valence-corrected chi connectivity index (χ2v) is 4.07. The zero-order valence-electron chi connectivity index (χ0n) is 9.21. The van der Waals surface area contributed by atoms with E-state index in [4.69, 9.17) is 16.9 Å². The van der Waals surface area contributed by atoms with Gasteiger partial charge in [0.1, 0.15) is 11.8 Å². The Bertz CT molecular complexity index is 643. The Morgan fingerprint density at radius 1 is 1.44 bits per heavy atom. The number of aromatic nitrogens is 1. The summed E-state index contributed by atoms with van der Waals surface area (Å²) >= 11 is 5.99. The number of non-ortho nitro benzene ring substituents is 1. The summed E-state index contributed by atoms with van der Waals surface area (Å²) in [5.74, 6) is 0. The third-order valence-corrected chi connectivity index (χ3v) is 2.88. The zero-order chi connectivity index (χ0) is 13.1. The monoisotopic (exact) mass is 261 g/mol. The number of hydrogen-bond donors (Lipinski definition) is 0. The molecule has 5 nitrogen and oxygen atoms in total. The molecule has 0 amide bonds. The van der Waals surface area contributed by atoms with Crippen LogP contribution in [0.5, 0.6) is 0 Å². The molecular weight excluding hydrogens is 254 g/mol. The second-order valence-electron chi connectivity index (χ2n) is 3.67. The lowest BCUT2D eigenvalue weighted by atomic mass is 10.2. The molecule has 0 fully saturated rings. The smallest absolute Gasteiger partial charge is 0.270 e. The molecule has 1 heterocycles. The topological polar surface area (TPSA) is 71.9 Å². The van der Waals surface area contributed by atoms with E-state index in [-0.39, 0.29) is 5.69 Å². The average Bonchev–Trinajstić information content (AvgIpc) is 2.78. The van der Waals surface area contributed by atoms with Crippen LogP contribution in [-0.2, 0) is 6.54 Å². The highest BCUT2D eigenvalue weighted by atomic mass is 35.5. The molecule has 0 aliphatic carbocycles. The molecule has 0 aliphatic heterocycles. The largest absolute Gasteiger partial charge is 0.335 e. The van der Waals surface area contributed by atoms with Crippen LogP contribution in [0.1, 0.15) is 11.3 Å². The molecule has 6 heteroatoms. The minimum absolute atomic E-state index is 0.0447. The van der Waals surface area contributed by atoms with Crippen molar-refractivity contribution >= 4 is 17.3 Å². The van der Waals surface area contributed by atoms with E-state index in [1.807, 2.05) is 0 Å². The fourth-order valence-corrected chi connectivity index (χ4v) is 1.85. The van der Waals surface area contributed by atoms with Crippen molar-refractivity contribution in [2.45, 2.75) is 6.54 Å². The number of hydrogen-bond acceptors (Lipinski definition) is 3. The Kier molecular flexibility index (Phi) is 3.31. The van der Waals surface area contributed by atoms with Gasteiger partial charge in [-0.2, -0.15) is 5.26 Å². The van der Waals surface area contributed by atoms with Crippen molar-refractivity contribution in [3.05, 3.63) is 62.9 Å². The molecule has 18 heavy (non-hydrogen) atoms. The highest BCUT2D eigenvalue weighted by Gasteiger charge is 2.10. The Hall–Kier alpha value is -2.32. The summed E-state index contributed by atoms with van der Waals surface area (Å²) in [6.07, 6.45) is 1.76. The van der Waals surface area contributed by atoms with Gasteiger partial charge in [0.25, 0.3) is 5.69 Å². The number of nitro benzene ring substituents is 1. The average molecular weight is 262 g/mol. The molecular formula is C12H8ClN3O2. The first-order valence-electron chi connectivity index (χ1n) is 5.10. The minimum Gasteiger partial charge on any atom is -0.335 e. The van der Waals surface area contributed by atoms with E-state index in [0.717, 1.165) is 5.56 Å². The summed E-state index contributed by atoms with van der Waals surface area (Å²) in [7, 11) is 0. The van der Waals surface area contributed by atoms with Crippen molar-refractivity contribution in [3.63, 3.8) is 0 Å². The normalized spacial score (nSPS) is 10.0. The van der Waals surface area contributed by atoms with E-state index in [1.54, 1.807) is 29.0 Å². The summed E-state index contributed by atoms with van der Waals surface area (Å²) in [6.45, 7) is 0.409. The molecule has 90 valence electrons. The maximum atomic E-state index is 10.6. The van der Waals surface area contributed by atoms with Gasteiger partial charge in [-0.1, -0.05) is 11.6 Å². The fourth-order valence-electron chi connectivity index (χ4n) is 1.62. The van der Waals surface area contributed by atoms with Crippen LogP contribution in [0.15, 0.2) is 36.5 Å². The Labute approximate surface area is 108 Å². The van der Waals surface area contributed by atoms with Crippen LogP contribution in [-0.4, -0.2) is 9.49 Å². The van der Waals surface area contributed by atoms with Crippen LogP contribution >= 0.6 is 11.6 Å². The molecule has 0 saturated carbocycles. The third-order valence-electron chi connectivity index (χ3n) is 2.53. The molecule has 0 saturated heterocycles. The Morgan fingerprint density at radius 3 is 2.83 bits per heavy atom. The Morgan fingerprint density at radius 2 is 2.22 bits per heavy atom. The maximum Gasteiger partial charge on any atom is 0.270 e. The summed E-state index contributed by atoms with van der Waals surface area (Å²) in [5.41, 5.74) is 1.20. The van der Waals surface area contributed by atoms with Crippen molar-refractivity contribution in [2.24, 2.45) is 0 Å². The summed E-state index contributed by atoms with van der Waals surface area (Å²) < 4.78 is 1.73. The molecule has 0 bridgehead atoms. The molecule has 2 rings (SSSR count). The van der Waals surface area contributed by atoms with Gasteiger partial charge in [-0.05, 0) is 23.8 Å². The summed E-state index contributed by atoms with van der Waals surface area (Å²) in [4.78, 5) is 10.1. The molecule has 1 aromatic carbocycles. The van der Waals surface area contributed by atoms with Gasteiger partial charge in [-0.25, -0.2) is 0 Å². The maximum absolute atomic E-state index is 10.6. The molecule has 1 aromatic heterocycles. The number of nitrogens with zero attached hydrogens (tertiary/aromatic N) is 3. The van der Waals surface area contributed by atoms with E-state index < -0.39 is 4.92 Å². The number of halogens is 1. The third kappa shape index (κ3) is 2.34. The highest BCUT2D eigenvalue weighted by molar-refractivity contribution is 6.31. The van der Waals surface area contributed by atoms with E-state index in [0.29, 0.717) is 17.3 Å². The van der Waals surface area contributed by atoms with Crippen LogP contribution < -0.4 is 0 Å². The predicted molar refractivity (Wildman–Crippen MR) is 66.4 cm³/mol. The number of nitro groups is 1. The molecule has 0 atom stereocenters. The number of benzene rings is 1. The van der Waals surface area contributed by atoms with Crippen molar-refractivity contribution < 1.29 is 4.92 Å². The van der Waals surface area contributed by atoms with Crippen LogP contribution in [0, 0.1) is 21.4 Å². The van der Waals surface area contributed by atoms with Gasteiger partial charge in [-0.15, -0.1) is 0 Å².